The highest BCUT2D eigenvalue weighted by Crippen LogP contribution is 2.37. The summed E-state index contributed by atoms with van der Waals surface area (Å²) in [5.74, 6) is -4.44. The van der Waals surface area contributed by atoms with Crippen LogP contribution in [0.2, 0.25) is 0 Å². The average molecular weight is 927 g/mol. The number of hydrogen-bond acceptors (Lipinski definition) is 8. The van der Waals surface area contributed by atoms with Crippen molar-refractivity contribution in [1.82, 2.24) is 8.80 Å². The van der Waals surface area contributed by atoms with Crippen LogP contribution < -0.4 is 20.9 Å². The predicted molar refractivity (Wildman–Crippen MR) is 266 cm³/mol. The number of nitrogens with zero attached hydrogens (tertiary/aromatic N) is 2. The van der Waals surface area contributed by atoms with E-state index in [1.807, 2.05) is 109 Å². The van der Waals surface area contributed by atoms with E-state index in [4.69, 9.17) is 26.0 Å². The molecule has 69 heavy (non-hydrogen) atoms. The molecule has 0 saturated heterocycles. The van der Waals surface area contributed by atoms with Crippen LogP contribution in [0.15, 0.2) is 146 Å². The van der Waals surface area contributed by atoms with Crippen LogP contribution >= 0.6 is 0 Å². The second kappa shape index (κ2) is 22.3. The zero-order valence-electron chi connectivity index (χ0n) is 37.9. The van der Waals surface area contributed by atoms with Crippen LogP contribution in [0.1, 0.15) is 82.6 Å². The van der Waals surface area contributed by atoms with E-state index in [2.05, 4.69) is 24.3 Å². The van der Waals surface area contributed by atoms with Gasteiger partial charge >= 0.3 is 5.97 Å². The SMILES string of the molecule is C.CCc1c(C(=O)C(N)=O)c2c(OCC(=O)O)cccn2c1Cc1ccccc1-c1ccccc1.CCc1c(C(=O)C(N)=O)c2c(OCC(C)=O)cccn2c1Cc1ccccc1-c1ccccc1. The molecule has 0 saturated carbocycles. The van der Waals surface area contributed by atoms with E-state index in [1.165, 1.54) is 6.92 Å². The number of fused-ring (bicyclic) bond motifs is 2. The number of rotatable bonds is 18. The van der Waals surface area contributed by atoms with Gasteiger partial charge in [-0.15, -0.1) is 0 Å². The van der Waals surface area contributed by atoms with E-state index in [0.29, 0.717) is 48.0 Å². The number of ketones is 3. The lowest BCUT2D eigenvalue weighted by Gasteiger charge is -2.12. The molecule has 13 heteroatoms. The van der Waals surface area contributed by atoms with Crippen LogP contribution in [0.5, 0.6) is 11.5 Å². The van der Waals surface area contributed by atoms with Crippen molar-refractivity contribution in [2.24, 2.45) is 11.5 Å². The standard InChI is InChI=1S/C28H26N2O4.C27H24N2O5.CH4/c1-3-21-23(16-20-12-7-8-13-22(20)19-10-5-4-6-11-19)30-15-9-14-24(34-17-18(2)31)26(30)25(21)27(32)28(29)33;1-2-19-21(15-18-11-6-7-12-20(18)17-9-4-3-5-10-17)29-14-8-13-22(34-16-23(30)31)25(29)24(19)26(32)27(28)33;/h4-15H,3,16-17H2,1-2H3,(H2,29,33);3-14H,2,15-16H2,1H3,(H2,28,33)(H,30,31);1H4. The zero-order valence-corrected chi connectivity index (χ0v) is 37.9. The van der Waals surface area contributed by atoms with Gasteiger partial charge in [0.2, 0.25) is 0 Å². The molecule has 4 aromatic heterocycles. The third-order valence-corrected chi connectivity index (χ3v) is 11.6. The van der Waals surface area contributed by atoms with Crippen LogP contribution in [-0.2, 0) is 44.9 Å². The molecule has 0 spiro atoms. The first-order chi connectivity index (χ1) is 32.8. The molecule has 0 atom stereocenters. The Morgan fingerprint density at radius 3 is 1.26 bits per heavy atom. The molecule has 0 fully saturated rings. The van der Waals surface area contributed by atoms with Crippen molar-refractivity contribution in [2.75, 3.05) is 13.2 Å². The fourth-order valence-corrected chi connectivity index (χ4v) is 8.72. The van der Waals surface area contributed by atoms with E-state index < -0.39 is 36.0 Å². The smallest absolute Gasteiger partial charge is 0.341 e. The Morgan fingerprint density at radius 2 is 0.899 bits per heavy atom. The van der Waals surface area contributed by atoms with Gasteiger partial charge in [0.1, 0.15) is 18.1 Å². The number of nitrogens with two attached hydrogens (primary N) is 2. The number of benzene rings is 4. The Labute approximate surface area is 399 Å². The molecule has 0 unspecified atom stereocenters. The third kappa shape index (κ3) is 10.7. The molecule has 0 aliphatic rings. The Morgan fingerprint density at radius 1 is 0.522 bits per heavy atom. The number of carboxylic acid groups (broad SMARTS) is 1. The molecule has 2 amide bonds. The summed E-state index contributed by atoms with van der Waals surface area (Å²) in [6.07, 6.45) is 5.61. The number of primary amides is 2. The van der Waals surface area contributed by atoms with Gasteiger partial charge in [-0.05, 0) is 88.5 Å². The highest BCUT2D eigenvalue weighted by atomic mass is 16.5. The molecule has 13 nitrogen and oxygen atoms in total. The number of carboxylic acids is 1. The van der Waals surface area contributed by atoms with Crippen LogP contribution in [0, 0.1) is 0 Å². The largest absolute Gasteiger partial charge is 0.484 e. The van der Waals surface area contributed by atoms with Crippen molar-refractivity contribution in [3.63, 3.8) is 0 Å². The summed E-state index contributed by atoms with van der Waals surface area (Å²) >= 11 is 0. The van der Waals surface area contributed by atoms with Crippen LogP contribution in [0.3, 0.4) is 0 Å². The van der Waals surface area contributed by atoms with Crippen LogP contribution in [0.4, 0.5) is 0 Å². The van der Waals surface area contributed by atoms with E-state index in [1.54, 1.807) is 34.9 Å². The molecule has 5 N–H and O–H groups in total. The number of ether oxygens (including phenoxy) is 2. The normalized spacial score (nSPS) is 10.7. The lowest BCUT2D eigenvalue weighted by molar-refractivity contribution is -0.139. The summed E-state index contributed by atoms with van der Waals surface area (Å²) < 4.78 is 14.9. The minimum Gasteiger partial charge on any atom is -0.484 e. The second-order valence-electron chi connectivity index (χ2n) is 15.9. The number of amides is 2. The molecular weight excluding hydrogens is 873 g/mol. The molecule has 8 rings (SSSR count). The number of carbonyl (C=O) groups excluding carboxylic acids is 5. The van der Waals surface area contributed by atoms with E-state index in [0.717, 1.165) is 50.3 Å². The minimum atomic E-state index is -1.15. The summed E-state index contributed by atoms with van der Waals surface area (Å²) in [7, 11) is 0. The Kier molecular flexibility index (Phi) is 16.1. The lowest BCUT2D eigenvalue weighted by Crippen LogP contribution is -2.24. The summed E-state index contributed by atoms with van der Waals surface area (Å²) in [6.45, 7) is 4.55. The number of Topliss-reactive ketones (excluding diaryl/α,β-unsaturated/α-hetero) is 3. The first-order valence-electron chi connectivity index (χ1n) is 22.1. The quantitative estimate of drug-likeness (QED) is 0.0555. The summed E-state index contributed by atoms with van der Waals surface area (Å²) in [6, 6.07) is 43.0. The highest BCUT2D eigenvalue weighted by molar-refractivity contribution is 6.45. The molecule has 4 aromatic carbocycles. The van der Waals surface area contributed by atoms with E-state index in [-0.39, 0.29) is 36.7 Å². The molecule has 8 aromatic rings. The fraction of sp³-hybridized carbons (Fsp3) is 0.179. The summed E-state index contributed by atoms with van der Waals surface area (Å²) in [5, 5.41) is 9.08. The topological polar surface area (TPSA) is 202 Å². The highest BCUT2D eigenvalue weighted by Gasteiger charge is 2.30. The third-order valence-electron chi connectivity index (χ3n) is 11.6. The molecule has 352 valence electrons. The maximum absolute atomic E-state index is 13.0. The Bertz CT molecular complexity index is 2990. The maximum Gasteiger partial charge on any atom is 0.341 e. The monoisotopic (exact) mass is 926 g/mol. The van der Waals surface area contributed by atoms with Gasteiger partial charge in [0.05, 0.1) is 22.2 Å². The first kappa shape index (κ1) is 49.8. The number of aromatic nitrogens is 2. The number of carbonyl (C=O) groups is 6. The van der Waals surface area contributed by atoms with Crippen molar-refractivity contribution in [2.45, 2.75) is 53.9 Å². The summed E-state index contributed by atoms with van der Waals surface area (Å²) in [4.78, 5) is 72.4. The van der Waals surface area contributed by atoms with Crippen LogP contribution in [0.25, 0.3) is 33.3 Å². The number of pyridine rings is 2. The van der Waals surface area contributed by atoms with Gasteiger partial charge in [-0.1, -0.05) is 130 Å². The van der Waals surface area contributed by atoms with Gasteiger partial charge in [0, 0.05) is 36.6 Å². The second-order valence-corrected chi connectivity index (χ2v) is 15.9. The van der Waals surface area contributed by atoms with Crippen molar-refractivity contribution in [1.29, 1.82) is 0 Å². The fourth-order valence-electron chi connectivity index (χ4n) is 8.72. The lowest BCUT2D eigenvalue weighted by atomic mass is 9.94. The number of hydrogen-bond donors (Lipinski definition) is 3. The molecule has 4 heterocycles. The summed E-state index contributed by atoms with van der Waals surface area (Å²) in [5.41, 5.74) is 21.5. The Balaban J connectivity index is 0.000000224. The predicted octanol–water partition coefficient (Wildman–Crippen LogP) is 8.92. The minimum absolute atomic E-state index is 0. The molecule has 0 radical (unpaired) electrons. The number of aliphatic carboxylic acids is 1. The van der Waals surface area contributed by atoms with Gasteiger partial charge < -0.3 is 34.8 Å². The first-order valence-corrected chi connectivity index (χ1v) is 22.1. The van der Waals surface area contributed by atoms with E-state index in [9.17, 15) is 28.8 Å². The van der Waals surface area contributed by atoms with Gasteiger partial charge in [-0.25, -0.2) is 4.79 Å². The van der Waals surface area contributed by atoms with Gasteiger partial charge in [-0.2, -0.15) is 0 Å². The van der Waals surface area contributed by atoms with Crippen molar-refractivity contribution >= 4 is 46.2 Å². The van der Waals surface area contributed by atoms with Crippen molar-refractivity contribution < 1.29 is 43.3 Å². The van der Waals surface area contributed by atoms with Gasteiger partial charge in [0.25, 0.3) is 23.4 Å². The van der Waals surface area contributed by atoms with Gasteiger partial charge in [0.15, 0.2) is 12.4 Å². The maximum atomic E-state index is 13.0. The zero-order chi connectivity index (χ0) is 48.5. The van der Waals surface area contributed by atoms with Crippen molar-refractivity contribution in [3.05, 3.63) is 191 Å². The molecule has 0 bridgehead atoms. The Hall–Kier alpha value is -8.58. The molecular formula is C56H54N4O9. The molecule has 0 aliphatic heterocycles. The van der Waals surface area contributed by atoms with Crippen molar-refractivity contribution in [3.8, 4) is 33.8 Å². The van der Waals surface area contributed by atoms with E-state index >= 15 is 0 Å². The molecule has 0 aliphatic carbocycles. The van der Waals surface area contributed by atoms with Crippen LogP contribution in [-0.4, -0.2) is 62.3 Å². The van der Waals surface area contributed by atoms with Gasteiger partial charge in [-0.3, -0.25) is 24.0 Å². The average Bonchev–Trinajstić information content (AvgIpc) is 3.85.